The van der Waals surface area contributed by atoms with Crippen LogP contribution in [0.4, 0.5) is 0 Å². The van der Waals surface area contributed by atoms with E-state index in [1.807, 2.05) is 24.3 Å². The van der Waals surface area contributed by atoms with Gasteiger partial charge in [0.2, 0.25) is 0 Å². The molecular formula is C22H13NO5S2. The maximum atomic E-state index is 13.1. The van der Waals surface area contributed by atoms with Crippen LogP contribution in [0.3, 0.4) is 0 Å². The smallest absolute Gasteiger partial charge is 0.296 e. The summed E-state index contributed by atoms with van der Waals surface area (Å²) in [5, 5.41) is 0.874. The second-order valence-corrected chi connectivity index (χ2v) is 8.78. The zero-order valence-corrected chi connectivity index (χ0v) is 16.9. The van der Waals surface area contributed by atoms with Crippen molar-refractivity contribution in [3.05, 3.63) is 82.9 Å². The van der Waals surface area contributed by atoms with Crippen molar-refractivity contribution in [2.75, 3.05) is 0 Å². The number of aromatic amines is 1. The summed E-state index contributed by atoms with van der Waals surface area (Å²) >= 11 is 4.35. The van der Waals surface area contributed by atoms with E-state index in [4.69, 9.17) is 0 Å². The number of aromatic nitrogens is 1. The molecule has 0 radical (unpaired) electrons. The number of para-hydroxylation sites is 1. The van der Waals surface area contributed by atoms with E-state index >= 15 is 0 Å². The Hall–Kier alpha value is -3.20. The van der Waals surface area contributed by atoms with Crippen molar-refractivity contribution in [3.63, 3.8) is 0 Å². The molecular weight excluding hydrogens is 422 g/mol. The Kier molecular flexibility index (Phi) is 4.01. The molecule has 0 bridgehead atoms. The van der Waals surface area contributed by atoms with Gasteiger partial charge in [-0.15, -0.1) is 12.6 Å². The molecule has 0 saturated carbocycles. The van der Waals surface area contributed by atoms with Crippen molar-refractivity contribution in [2.24, 2.45) is 0 Å². The largest absolute Gasteiger partial charge is 0.354 e. The zero-order valence-electron chi connectivity index (χ0n) is 15.2. The van der Waals surface area contributed by atoms with Crippen molar-refractivity contribution in [3.8, 4) is 11.3 Å². The molecule has 148 valence electrons. The third-order valence-corrected chi connectivity index (χ3v) is 6.76. The average molecular weight is 435 g/mol. The summed E-state index contributed by atoms with van der Waals surface area (Å²) in [5.41, 5.74) is 1.44. The maximum Gasteiger partial charge on any atom is 0.296 e. The molecule has 0 amide bonds. The van der Waals surface area contributed by atoms with Gasteiger partial charge in [0, 0.05) is 43.7 Å². The molecule has 5 rings (SSSR count). The average Bonchev–Trinajstić information content (AvgIpc) is 3.14. The Labute approximate surface area is 176 Å². The minimum Gasteiger partial charge on any atom is -0.354 e. The Morgan fingerprint density at radius 1 is 0.800 bits per heavy atom. The van der Waals surface area contributed by atoms with E-state index in [2.05, 4.69) is 17.6 Å². The van der Waals surface area contributed by atoms with E-state index < -0.39 is 26.6 Å². The Morgan fingerprint density at radius 3 is 2.10 bits per heavy atom. The minimum atomic E-state index is -4.86. The van der Waals surface area contributed by atoms with Gasteiger partial charge in [0.05, 0.1) is 5.56 Å². The van der Waals surface area contributed by atoms with Crippen LogP contribution in [-0.4, -0.2) is 29.5 Å². The fourth-order valence-electron chi connectivity index (χ4n) is 3.89. The number of hydrogen-bond donors (Lipinski definition) is 3. The SMILES string of the molecule is O=C1c2ccccc2C(=O)c2c1cc(-c1cc3ccccc3[nH]1)c(S)c2S(=O)(=O)O. The summed E-state index contributed by atoms with van der Waals surface area (Å²) < 4.78 is 34.5. The van der Waals surface area contributed by atoms with E-state index in [1.165, 1.54) is 18.2 Å². The molecule has 0 atom stereocenters. The number of fused-ring (bicyclic) bond motifs is 3. The first-order valence-corrected chi connectivity index (χ1v) is 10.8. The first-order chi connectivity index (χ1) is 14.3. The van der Waals surface area contributed by atoms with Gasteiger partial charge >= 0.3 is 0 Å². The molecule has 2 N–H and O–H groups in total. The maximum absolute atomic E-state index is 13.1. The van der Waals surface area contributed by atoms with E-state index in [-0.39, 0.29) is 27.1 Å². The zero-order chi connectivity index (χ0) is 21.2. The normalized spacial score (nSPS) is 13.4. The molecule has 0 saturated heterocycles. The molecule has 1 aliphatic carbocycles. The molecule has 0 aliphatic heterocycles. The van der Waals surface area contributed by atoms with E-state index in [1.54, 1.807) is 18.2 Å². The highest BCUT2D eigenvalue weighted by molar-refractivity contribution is 7.87. The number of H-pyrrole nitrogens is 1. The van der Waals surface area contributed by atoms with Crippen LogP contribution in [-0.2, 0) is 10.1 Å². The number of thiol groups is 1. The van der Waals surface area contributed by atoms with Crippen molar-refractivity contribution in [1.82, 2.24) is 4.98 Å². The van der Waals surface area contributed by atoms with Gasteiger partial charge in [-0.3, -0.25) is 14.1 Å². The first kappa shape index (κ1) is 18.8. The Morgan fingerprint density at radius 2 is 1.43 bits per heavy atom. The number of carbonyl (C=O) groups is 2. The summed E-state index contributed by atoms with van der Waals surface area (Å²) in [6.07, 6.45) is 0. The fraction of sp³-hybridized carbons (Fsp3) is 0. The molecule has 0 fully saturated rings. The van der Waals surface area contributed by atoms with Gasteiger partial charge in [0.1, 0.15) is 4.90 Å². The fourth-order valence-corrected chi connectivity index (χ4v) is 5.34. The molecule has 6 nitrogen and oxygen atoms in total. The summed E-state index contributed by atoms with van der Waals surface area (Å²) in [4.78, 5) is 28.6. The van der Waals surface area contributed by atoms with Gasteiger partial charge in [-0.05, 0) is 18.2 Å². The molecule has 0 spiro atoms. The molecule has 1 heterocycles. The third-order valence-electron chi connectivity index (χ3n) is 5.22. The number of nitrogens with one attached hydrogen (secondary N) is 1. The topological polar surface area (TPSA) is 104 Å². The number of benzene rings is 3. The lowest BCUT2D eigenvalue weighted by atomic mass is 9.83. The predicted molar refractivity (Wildman–Crippen MR) is 114 cm³/mol. The lowest BCUT2D eigenvalue weighted by Gasteiger charge is -2.22. The second-order valence-electron chi connectivity index (χ2n) is 6.97. The Bertz CT molecular complexity index is 1480. The number of ketones is 2. The van der Waals surface area contributed by atoms with Crippen molar-refractivity contribution < 1.29 is 22.6 Å². The van der Waals surface area contributed by atoms with Gasteiger partial charge in [-0.1, -0.05) is 42.5 Å². The monoisotopic (exact) mass is 435 g/mol. The summed E-state index contributed by atoms with van der Waals surface area (Å²) in [5.74, 6) is -1.14. The highest BCUT2D eigenvalue weighted by Crippen LogP contribution is 2.41. The minimum absolute atomic E-state index is 0.0854. The van der Waals surface area contributed by atoms with Crippen molar-refractivity contribution >= 4 is 45.2 Å². The van der Waals surface area contributed by atoms with Crippen LogP contribution in [0.1, 0.15) is 31.8 Å². The predicted octanol–water partition coefficient (Wildman–Crippen LogP) is 4.15. The van der Waals surface area contributed by atoms with Crippen LogP contribution in [0, 0.1) is 0 Å². The molecule has 4 aromatic rings. The third kappa shape index (κ3) is 2.65. The van der Waals surface area contributed by atoms with Gasteiger partial charge < -0.3 is 4.98 Å². The highest BCUT2D eigenvalue weighted by atomic mass is 32.2. The Balaban J connectivity index is 1.88. The molecule has 1 aliphatic rings. The molecule has 8 heteroatoms. The van der Waals surface area contributed by atoms with Crippen molar-refractivity contribution in [2.45, 2.75) is 9.79 Å². The van der Waals surface area contributed by atoms with Crippen LogP contribution in [0.25, 0.3) is 22.2 Å². The van der Waals surface area contributed by atoms with E-state index in [0.717, 1.165) is 10.9 Å². The lowest BCUT2D eigenvalue weighted by Crippen LogP contribution is -2.24. The molecule has 0 unspecified atom stereocenters. The van der Waals surface area contributed by atoms with E-state index in [0.29, 0.717) is 11.3 Å². The van der Waals surface area contributed by atoms with Crippen LogP contribution >= 0.6 is 12.6 Å². The number of carbonyl (C=O) groups excluding carboxylic acids is 2. The van der Waals surface area contributed by atoms with Crippen molar-refractivity contribution in [1.29, 1.82) is 0 Å². The van der Waals surface area contributed by atoms with E-state index in [9.17, 15) is 22.6 Å². The molecule has 3 aromatic carbocycles. The quantitative estimate of drug-likeness (QED) is 0.285. The van der Waals surface area contributed by atoms with Gasteiger partial charge in [-0.25, -0.2) is 0 Å². The molecule has 1 aromatic heterocycles. The lowest BCUT2D eigenvalue weighted by molar-refractivity contribution is 0.0976. The number of rotatable bonds is 2. The van der Waals surface area contributed by atoms with Crippen LogP contribution in [0.15, 0.2) is 70.5 Å². The van der Waals surface area contributed by atoms with Crippen LogP contribution in [0.5, 0.6) is 0 Å². The van der Waals surface area contributed by atoms with Gasteiger partial charge in [0.25, 0.3) is 10.1 Å². The van der Waals surface area contributed by atoms with Crippen LogP contribution < -0.4 is 0 Å². The molecule has 30 heavy (non-hydrogen) atoms. The summed E-state index contributed by atoms with van der Waals surface area (Å²) in [7, 11) is -4.86. The number of hydrogen-bond acceptors (Lipinski definition) is 5. The van der Waals surface area contributed by atoms with Crippen LogP contribution in [0.2, 0.25) is 0 Å². The highest BCUT2D eigenvalue weighted by Gasteiger charge is 2.37. The van der Waals surface area contributed by atoms with Gasteiger partial charge in [-0.2, -0.15) is 8.42 Å². The second kappa shape index (κ2) is 6.40. The summed E-state index contributed by atoms with van der Waals surface area (Å²) in [6, 6.07) is 16.9. The van der Waals surface area contributed by atoms with Gasteiger partial charge in [0.15, 0.2) is 11.6 Å². The summed E-state index contributed by atoms with van der Waals surface area (Å²) in [6.45, 7) is 0. The first-order valence-electron chi connectivity index (χ1n) is 8.91. The standard InChI is InChI=1S/C22H13NO5S2/c24-19-12-6-2-3-7-13(12)20(25)18-15(19)10-14(21(29)22(18)30(26,27)28)17-9-11-5-1-4-8-16(11)23-17/h1-10,23,29H,(H,26,27,28).